The molecule has 2 aromatic heterocycles. The smallest absolute Gasteiger partial charge is 0.191 e. The molecule has 1 aliphatic rings. The zero-order valence-electron chi connectivity index (χ0n) is 19.3. The van der Waals surface area contributed by atoms with Gasteiger partial charge in [-0.05, 0) is 43.6 Å². The van der Waals surface area contributed by atoms with Gasteiger partial charge < -0.3 is 19.6 Å². The van der Waals surface area contributed by atoms with Gasteiger partial charge in [-0.1, -0.05) is 36.8 Å². The molecule has 0 aliphatic carbocycles. The molecule has 0 spiro atoms. The molecule has 3 heterocycles. The van der Waals surface area contributed by atoms with Crippen LogP contribution in [0.15, 0.2) is 70.5 Å². The van der Waals surface area contributed by atoms with Crippen molar-refractivity contribution in [1.82, 2.24) is 25.1 Å². The Bertz CT molecular complexity index is 950. The predicted molar refractivity (Wildman–Crippen MR) is 143 cm³/mol. The number of likely N-dealkylation sites (tertiary alicyclic amines) is 1. The molecule has 0 saturated carbocycles. The lowest BCUT2D eigenvalue weighted by atomic mass is 10.1. The lowest BCUT2D eigenvalue weighted by molar-refractivity contribution is 0.146. The maximum atomic E-state index is 5.75. The van der Waals surface area contributed by atoms with Crippen LogP contribution >= 0.6 is 24.0 Å². The fraction of sp³-hybridized carbons (Fsp3) is 0.440. The van der Waals surface area contributed by atoms with Crippen LogP contribution in [-0.4, -0.2) is 53.6 Å². The molecule has 178 valence electrons. The zero-order valence-corrected chi connectivity index (χ0v) is 21.7. The number of nitrogens with one attached hydrogen (secondary N) is 2. The van der Waals surface area contributed by atoms with E-state index >= 15 is 0 Å². The zero-order chi connectivity index (χ0) is 22.0. The average molecular weight is 563 g/mol. The maximum Gasteiger partial charge on any atom is 0.191 e. The van der Waals surface area contributed by atoms with E-state index < -0.39 is 0 Å². The number of aliphatic imine (C=N–C) groups is 1. The van der Waals surface area contributed by atoms with Gasteiger partial charge in [0.15, 0.2) is 5.96 Å². The molecule has 0 amide bonds. The van der Waals surface area contributed by atoms with Gasteiger partial charge in [-0.25, -0.2) is 4.98 Å². The third-order valence-corrected chi connectivity index (χ3v) is 6.03. The summed E-state index contributed by atoms with van der Waals surface area (Å²) in [6.45, 7) is 4.59. The van der Waals surface area contributed by atoms with Gasteiger partial charge in [0.25, 0.3) is 0 Å². The average Bonchev–Trinajstić information content (AvgIpc) is 3.52. The minimum absolute atomic E-state index is 0. The van der Waals surface area contributed by atoms with E-state index in [0.717, 1.165) is 56.7 Å². The quantitative estimate of drug-likeness (QED) is 0.234. The number of imidazole rings is 1. The molecule has 1 fully saturated rings. The van der Waals surface area contributed by atoms with Crippen molar-refractivity contribution >= 4 is 29.9 Å². The summed E-state index contributed by atoms with van der Waals surface area (Å²) in [4.78, 5) is 11.5. The summed E-state index contributed by atoms with van der Waals surface area (Å²) in [7, 11) is 1.81. The van der Waals surface area contributed by atoms with Crippen molar-refractivity contribution in [2.75, 3.05) is 33.2 Å². The standard InChI is InChI=1S/C25H34N6O.HI/c1-26-25(29-19-22(23-11-8-18-32-23)30-15-6-3-7-16-30)28-13-12-24-27-14-17-31(24)20-21-9-4-2-5-10-21;/h2,4-5,8-11,14,17-18,22H,3,6-7,12-13,15-16,19-20H2,1H3,(H2,26,28,29);1H. The first-order valence-corrected chi connectivity index (χ1v) is 11.6. The highest BCUT2D eigenvalue weighted by Gasteiger charge is 2.24. The van der Waals surface area contributed by atoms with Crippen LogP contribution in [0.25, 0.3) is 0 Å². The molecule has 33 heavy (non-hydrogen) atoms. The van der Waals surface area contributed by atoms with Gasteiger partial charge in [-0.15, -0.1) is 24.0 Å². The molecule has 1 saturated heterocycles. The Morgan fingerprint density at radius 2 is 1.91 bits per heavy atom. The third kappa shape index (κ3) is 7.33. The highest BCUT2D eigenvalue weighted by Crippen LogP contribution is 2.24. The molecular formula is C25H35IN6O. The van der Waals surface area contributed by atoms with Crippen LogP contribution in [0.2, 0.25) is 0 Å². The lowest BCUT2D eigenvalue weighted by Gasteiger charge is -2.33. The van der Waals surface area contributed by atoms with Crippen molar-refractivity contribution in [3.8, 4) is 0 Å². The number of guanidine groups is 1. The van der Waals surface area contributed by atoms with Crippen molar-refractivity contribution in [1.29, 1.82) is 0 Å². The van der Waals surface area contributed by atoms with Crippen LogP contribution < -0.4 is 10.6 Å². The number of rotatable bonds is 9. The van der Waals surface area contributed by atoms with Gasteiger partial charge in [0.05, 0.1) is 12.3 Å². The Morgan fingerprint density at radius 3 is 2.64 bits per heavy atom. The molecule has 4 rings (SSSR count). The van der Waals surface area contributed by atoms with Crippen LogP contribution in [0.4, 0.5) is 0 Å². The number of halogens is 1. The largest absolute Gasteiger partial charge is 0.468 e. The number of benzene rings is 1. The van der Waals surface area contributed by atoms with E-state index in [1.165, 1.54) is 24.8 Å². The molecular weight excluding hydrogens is 527 g/mol. The number of hydrogen-bond donors (Lipinski definition) is 2. The number of hydrogen-bond acceptors (Lipinski definition) is 4. The molecule has 7 nitrogen and oxygen atoms in total. The molecule has 1 aromatic carbocycles. The summed E-state index contributed by atoms with van der Waals surface area (Å²) in [5.41, 5.74) is 1.28. The van der Waals surface area contributed by atoms with E-state index in [-0.39, 0.29) is 30.0 Å². The van der Waals surface area contributed by atoms with E-state index in [9.17, 15) is 0 Å². The monoisotopic (exact) mass is 562 g/mol. The second kappa shape index (κ2) is 13.4. The van der Waals surface area contributed by atoms with Crippen molar-refractivity contribution in [3.05, 3.63) is 78.3 Å². The summed E-state index contributed by atoms with van der Waals surface area (Å²) in [6.07, 6.45) is 10.3. The van der Waals surface area contributed by atoms with E-state index in [4.69, 9.17) is 4.42 Å². The fourth-order valence-electron chi connectivity index (χ4n) is 4.32. The Kier molecular flexibility index (Phi) is 10.3. The molecule has 8 heteroatoms. The fourth-order valence-corrected chi connectivity index (χ4v) is 4.32. The van der Waals surface area contributed by atoms with Crippen LogP contribution in [0.5, 0.6) is 0 Å². The highest BCUT2D eigenvalue weighted by atomic mass is 127. The molecule has 1 unspecified atom stereocenters. The van der Waals surface area contributed by atoms with Crippen LogP contribution in [0, 0.1) is 0 Å². The van der Waals surface area contributed by atoms with Gasteiger partial charge in [-0.2, -0.15) is 0 Å². The lowest BCUT2D eigenvalue weighted by Crippen LogP contribution is -2.44. The van der Waals surface area contributed by atoms with E-state index in [0.29, 0.717) is 0 Å². The Morgan fingerprint density at radius 1 is 1.09 bits per heavy atom. The normalized spacial score (nSPS) is 15.6. The molecule has 1 atom stereocenters. The van der Waals surface area contributed by atoms with Crippen molar-refractivity contribution in [2.24, 2.45) is 4.99 Å². The summed E-state index contributed by atoms with van der Waals surface area (Å²) < 4.78 is 7.96. The first kappa shape index (κ1) is 25.3. The highest BCUT2D eigenvalue weighted by molar-refractivity contribution is 14.0. The second-order valence-corrected chi connectivity index (χ2v) is 8.21. The van der Waals surface area contributed by atoms with E-state index in [1.807, 2.05) is 31.6 Å². The predicted octanol–water partition coefficient (Wildman–Crippen LogP) is 4.08. The first-order chi connectivity index (χ1) is 15.8. The second-order valence-electron chi connectivity index (χ2n) is 8.21. The van der Waals surface area contributed by atoms with Crippen molar-refractivity contribution in [2.45, 2.75) is 38.3 Å². The van der Waals surface area contributed by atoms with E-state index in [2.05, 4.69) is 60.4 Å². The van der Waals surface area contributed by atoms with Gasteiger partial charge >= 0.3 is 0 Å². The Balaban J connectivity index is 0.00000306. The van der Waals surface area contributed by atoms with Crippen LogP contribution in [-0.2, 0) is 13.0 Å². The number of piperidine rings is 1. The number of aromatic nitrogens is 2. The first-order valence-electron chi connectivity index (χ1n) is 11.6. The van der Waals surface area contributed by atoms with Gasteiger partial charge in [0, 0.05) is 45.5 Å². The Labute approximate surface area is 213 Å². The summed E-state index contributed by atoms with van der Waals surface area (Å²) >= 11 is 0. The van der Waals surface area contributed by atoms with Crippen molar-refractivity contribution < 1.29 is 4.42 Å². The molecule has 1 aliphatic heterocycles. The SMILES string of the molecule is CN=C(NCCc1nccn1Cc1ccccc1)NCC(c1ccco1)N1CCCCC1.I. The van der Waals surface area contributed by atoms with E-state index in [1.54, 1.807) is 6.26 Å². The van der Waals surface area contributed by atoms with Crippen LogP contribution in [0.1, 0.15) is 42.5 Å². The Hall–Kier alpha value is -2.33. The molecule has 3 aromatic rings. The minimum Gasteiger partial charge on any atom is -0.468 e. The van der Waals surface area contributed by atoms with Crippen LogP contribution in [0.3, 0.4) is 0 Å². The minimum atomic E-state index is 0. The third-order valence-electron chi connectivity index (χ3n) is 6.03. The maximum absolute atomic E-state index is 5.75. The summed E-state index contributed by atoms with van der Waals surface area (Å²) in [5, 5.41) is 6.94. The molecule has 0 bridgehead atoms. The van der Waals surface area contributed by atoms with Crippen molar-refractivity contribution in [3.63, 3.8) is 0 Å². The molecule has 2 N–H and O–H groups in total. The number of nitrogens with zero attached hydrogens (tertiary/aromatic N) is 4. The molecule has 0 radical (unpaired) electrons. The summed E-state index contributed by atoms with van der Waals surface area (Å²) in [6, 6.07) is 14.7. The summed E-state index contributed by atoms with van der Waals surface area (Å²) in [5.74, 6) is 2.89. The van der Waals surface area contributed by atoms with Gasteiger partial charge in [0.1, 0.15) is 11.6 Å². The van der Waals surface area contributed by atoms with Gasteiger partial charge in [0.2, 0.25) is 0 Å². The topological polar surface area (TPSA) is 70.6 Å². The van der Waals surface area contributed by atoms with Gasteiger partial charge in [-0.3, -0.25) is 9.89 Å². The number of furan rings is 1.